The summed E-state index contributed by atoms with van der Waals surface area (Å²) in [6, 6.07) is 16.6. The van der Waals surface area contributed by atoms with Gasteiger partial charge < -0.3 is 19.3 Å². The van der Waals surface area contributed by atoms with E-state index in [4.69, 9.17) is 9.47 Å². The van der Waals surface area contributed by atoms with Crippen LogP contribution in [0.4, 0.5) is 0 Å². The number of halogens is 2. The zero-order valence-corrected chi connectivity index (χ0v) is 20.4. The Morgan fingerprint density at radius 2 is 0.833 bits per heavy atom. The van der Waals surface area contributed by atoms with Crippen LogP contribution in [0.25, 0.3) is 11.1 Å². The molecule has 0 unspecified atom stereocenters. The molecule has 2 aromatic rings. The van der Waals surface area contributed by atoms with Gasteiger partial charge in [-0.05, 0) is 61.6 Å². The predicted octanol–water partition coefficient (Wildman–Crippen LogP) is 5.64. The number of hydrogen-bond donors (Lipinski definition) is 0. The lowest BCUT2D eigenvalue weighted by Gasteiger charge is -2.18. The van der Waals surface area contributed by atoms with Crippen molar-refractivity contribution in [3.05, 3.63) is 48.5 Å². The maximum Gasteiger partial charge on any atom is 0.119 e. The minimum absolute atomic E-state index is 0. The van der Waals surface area contributed by atoms with Gasteiger partial charge in [0.15, 0.2) is 0 Å². The van der Waals surface area contributed by atoms with Crippen molar-refractivity contribution in [3.8, 4) is 22.6 Å². The minimum Gasteiger partial charge on any atom is -0.492 e. The van der Waals surface area contributed by atoms with Crippen LogP contribution in [0.2, 0.25) is 0 Å². The van der Waals surface area contributed by atoms with Crippen LogP contribution < -0.4 is 9.47 Å². The van der Waals surface area contributed by atoms with E-state index in [1.165, 1.54) is 11.1 Å². The van der Waals surface area contributed by atoms with Crippen molar-refractivity contribution in [2.24, 2.45) is 0 Å². The average Bonchev–Trinajstić information content (AvgIpc) is 2.75. The van der Waals surface area contributed by atoms with Gasteiger partial charge in [-0.15, -0.1) is 24.8 Å². The molecule has 2 rings (SSSR count). The Kier molecular flexibility index (Phi) is 15.5. The van der Waals surface area contributed by atoms with Gasteiger partial charge in [-0.1, -0.05) is 52.0 Å². The van der Waals surface area contributed by atoms with Crippen LogP contribution in [0.5, 0.6) is 11.5 Å². The molecule has 0 amide bonds. The Hall–Kier alpha value is -1.46. The fourth-order valence-corrected chi connectivity index (χ4v) is 3.15. The van der Waals surface area contributed by atoms with E-state index in [1.807, 2.05) is 24.3 Å². The van der Waals surface area contributed by atoms with E-state index >= 15 is 0 Å². The Morgan fingerprint density at radius 1 is 0.533 bits per heavy atom. The summed E-state index contributed by atoms with van der Waals surface area (Å²) in [5, 5.41) is 0. The zero-order valence-electron chi connectivity index (χ0n) is 18.8. The second-order valence-corrected chi connectivity index (χ2v) is 6.80. The molecule has 6 heteroatoms. The van der Waals surface area contributed by atoms with Crippen molar-refractivity contribution in [2.75, 3.05) is 52.5 Å². The molecule has 0 saturated carbocycles. The molecule has 0 bridgehead atoms. The van der Waals surface area contributed by atoms with E-state index < -0.39 is 0 Å². The predicted molar refractivity (Wildman–Crippen MR) is 133 cm³/mol. The molecule has 0 atom stereocenters. The summed E-state index contributed by atoms with van der Waals surface area (Å²) in [5.41, 5.74) is 2.37. The van der Waals surface area contributed by atoms with Crippen LogP contribution >= 0.6 is 24.8 Å². The Balaban J connectivity index is 0.00000420. The van der Waals surface area contributed by atoms with Crippen molar-refractivity contribution in [1.82, 2.24) is 9.80 Å². The van der Waals surface area contributed by atoms with Gasteiger partial charge in [0.2, 0.25) is 0 Å². The smallest absolute Gasteiger partial charge is 0.119 e. The van der Waals surface area contributed by atoms with E-state index in [0.717, 1.165) is 64.0 Å². The zero-order chi connectivity index (χ0) is 20.2. The molecule has 0 aliphatic heterocycles. The summed E-state index contributed by atoms with van der Waals surface area (Å²) < 4.78 is 11.7. The lowest BCUT2D eigenvalue weighted by molar-refractivity contribution is 0.223. The van der Waals surface area contributed by atoms with E-state index in [0.29, 0.717) is 0 Å². The number of ether oxygens (including phenoxy) is 2. The fourth-order valence-electron chi connectivity index (χ4n) is 3.15. The number of likely N-dealkylation sites (N-methyl/N-ethyl adjacent to an activating group) is 2. The number of nitrogens with zero attached hydrogens (tertiary/aromatic N) is 2. The number of hydrogen-bond acceptors (Lipinski definition) is 4. The molecule has 2 aromatic carbocycles. The Morgan fingerprint density at radius 3 is 1.10 bits per heavy atom. The van der Waals surface area contributed by atoms with Crippen molar-refractivity contribution < 1.29 is 9.47 Å². The maximum atomic E-state index is 5.87. The number of rotatable bonds is 13. The molecule has 0 aliphatic rings. The lowest BCUT2D eigenvalue weighted by Crippen LogP contribution is -2.27. The molecule has 170 valence electrons. The highest BCUT2D eigenvalue weighted by Crippen LogP contribution is 2.24. The quantitative estimate of drug-likeness (QED) is 0.389. The molecule has 0 N–H and O–H groups in total. The first-order valence-electron chi connectivity index (χ1n) is 10.6. The molecule has 0 radical (unpaired) electrons. The van der Waals surface area contributed by atoms with E-state index in [1.54, 1.807) is 0 Å². The normalized spacial score (nSPS) is 10.5. The van der Waals surface area contributed by atoms with Crippen LogP contribution in [0, 0.1) is 0 Å². The van der Waals surface area contributed by atoms with Crippen LogP contribution in [0.15, 0.2) is 48.5 Å². The van der Waals surface area contributed by atoms with Gasteiger partial charge in [-0.3, -0.25) is 0 Å². The maximum absolute atomic E-state index is 5.87. The van der Waals surface area contributed by atoms with Crippen LogP contribution in [0.3, 0.4) is 0 Å². The molecule has 0 fully saturated rings. The summed E-state index contributed by atoms with van der Waals surface area (Å²) in [6.07, 6.45) is 0. The van der Waals surface area contributed by atoms with Gasteiger partial charge in [0.05, 0.1) is 0 Å². The summed E-state index contributed by atoms with van der Waals surface area (Å²) in [6.45, 7) is 16.3. The van der Waals surface area contributed by atoms with Crippen molar-refractivity contribution >= 4 is 24.8 Å². The van der Waals surface area contributed by atoms with Gasteiger partial charge in [-0.25, -0.2) is 0 Å². The summed E-state index contributed by atoms with van der Waals surface area (Å²) >= 11 is 0. The molecule has 30 heavy (non-hydrogen) atoms. The van der Waals surface area contributed by atoms with Gasteiger partial charge in [0.1, 0.15) is 24.7 Å². The molecule has 0 saturated heterocycles. The summed E-state index contributed by atoms with van der Waals surface area (Å²) in [5.74, 6) is 1.85. The topological polar surface area (TPSA) is 24.9 Å². The van der Waals surface area contributed by atoms with Gasteiger partial charge in [0.25, 0.3) is 0 Å². The highest BCUT2D eigenvalue weighted by molar-refractivity contribution is 5.85. The monoisotopic (exact) mass is 456 g/mol. The van der Waals surface area contributed by atoms with E-state index in [-0.39, 0.29) is 24.8 Å². The Labute approximate surface area is 195 Å². The van der Waals surface area contributed by atoms with Gasteiger partial charge in [0, 0.05) is 13.1 Å². The molecule has 4 nitrogen and oxygen atoms in total. The van der Waals surface area contributed by atoms with E-state index in [9.17, 15) is 0 Å². The molecule has 0 aromatic heterocycles. The minimum atomic E-state index is 0. The first kappa shape index (κ1) is 28.5. The third kappa shape index (κ3) is 9.57. The summed E-state index contributed by atoms with van der Waals surface area (Å²) in [4.78, 5) is 4.72. The lowest BCUT2D eigenvalue weighted by atomic mass is 10.1. The second-order valence-electron chi connectivity index (χ2n) is 6.80. The van der Waals surface area contributed by atoms with E-state index in [2.05, 4.69) is 61.8 Å². The molecule has 0 aliphatic carbocycles. The van der Waals surface area contributed by atoms with Crippen molar-refractivity contribution in [2.45, 2.75) is 27.7 Å². The molecular weight excluding hydrogens is 419 g/mol. The SMILES string of the molecule is CCN(CC)CCOc1ccc(-c2ccc(OCCN(CC)CC)cc2)cc1.Cl.Cl. The summed E-state index contributed by atoms with van der Waals surface area (Å²) in [7, 11) is 0. The van der Waals surface area contributed by atoms with Crippen LogP contribution in [-0.4, -0.2) is 62.3 Å². The average molecular weight is 457 g/mol. The second kappa shape index (κ2) is 16.3. The first-order valence-corrected chi connectivity index (χ1v) is 10.6. The molecule has 0 heterocycles. The third-order valence-electron chi connectivity index (χ3n) is 5.18. The first-order chi connectivity index (χ1) is 13.7. The standard InChI is InChI=1S/C24H36N2O2.2ClH/c1-5-25(6-2)17-19-27-23-13-9-21(10-14-23)22-11-15-24(16-12-22)28-20-18-26(7-3)8-4;;/h9-16H,5-8,17-20H2,1-4H3;2*1H. The van der Waals surface area contributed by atoms with Crippen molar-refractivity contribution in [1.29, 1.82) is 0 Å². The highest BCUT2D eigenvalue weighted by atomic mass is 35.5. The fraction of sp³-hybridized carbons (Fsp3) is 0.500. The molecular formula is C24H38Cl2N2O2. The van der Waals surface area contributed by atoms with Crippen LogP contribution in [0.1, 0.15) is 27.7 Å². The third-order valence-corrected chi connectivity index (χ3v) is 5.18. The number of benzene rings is 2. The highest BCUT2D eigenvalue weighted by Gasteiger charge is 2.03. The largest absolute Gasteiger partial charge is 0.492 e. The van der Waals surface area contributed by atoms with Crippen LogP contribution in [-0.2, 0) is 0 Å². The van der Waals surface area contributed by atoms with Crippen molar-refractivity contribution in [3.63, 3.8) is 0 Å². The Bertz CT molecular complexity index is 598. The molecule has 0 spiro atoms. The van der Waals surface area contributed by atoms with Gasteiger partial charge in [-0.2, -0.15) is 0 Å². The van der Waals surface area contributed by atoms with Gasteiger partial charge >= 0.3 is 0 Å².